The van der Waals surface area contributed by atoms with Crippen LogP contribution in [0.15, 0.2) is 18.2 Å². The molecule has 0 spiro atoms. The molecule has 0 atom stereocenters. The monoisotopic (exact) mass is 374 g/mol. The Morgan fingerprint density at radius 1 is 1.24 bits per heavy atom. The van der Waals surface area contributed by atoms with E-state index in [0.29, 0.717) is 5.57 Å². The Morgan fingerprint density at radius 2 is 1.80 bits per heavy atom. The maximum absolute atomic E-state index is 12.1. The summed E-state index contributed by atoms with van der Waals surface area (Å²) in [5, 5.41) is -1.60. The van der Waals surface area contributed by atoms with Crippen LogP contribution in [0.1, 0.15) is 27.7 Å². The van der Waals surface area contributed by atoms with E-state index in [-0.39, 0.29) is 30.9 Å². The van der Waals surface area contributed by atoms with Gasteiger partial charge in [0.05, 0.1) is 6.61 Å². The van der Waals surface area contributed by atoms with Crippen molar-refractivity contribution in [2.45, 2.75) is 33.0 Å². The second-order valence-electron chi connectivity index (χ2n) is 6.42. The first kappa shape index (κ1) is 21.4. The van der Waals surface area contributed by atoms with E-state index < -0.39 is 24.8 Å². The van der Waals surface area contributed by atoms with Crippen LogP contribution in [-0.2, 0) is 9.30 Å². The van der Waals surface area contributed by atoms with Gasteiger partial charge in [0.2, 0.25) is 11.8 Å². The maximum atomic E-state index is 12.1. The lowest BCUT2D eigenvalue weighted by Crippen LogP contribution is -2.44. The summed E-state index contributed by atoms with van der Waals surface area (Å²) in [6.07, 6.45) is 0. The highest BCUT2D eigenvalue weighted by Crippen LogP contribution is 2.59. The smallest absolute Gasteiger partial charge is 0.357 e. The molecule has 1 rings (SSSR count). The molecule has 9 nitrogen and oxygen atoms in total. The van der Waals surface area contributed by atoms with Crippen LogP contribution in [0.4, 0.5) is 11.8 Å². The van der Waals surface area contributed by atoms with Crippen molar-refractivity contribution in [2.75, 3.05) is 24.7 Å². The van der Waals surface area contributed by atoms with Gasteiger partial charge >= 0.3 is 7.60 Å². The van der Waals surface area contributed by atoms with Crippen LogP contribution in [0.25, 0.3) is 0 Å². The summed E-state index contributed by atoms with van der Waals surface area (Å²) in [6, 6.07) is 1.41. The summed E-state index contributed by atoms with van der Waals surface area (Å²) < 4.78 is 23.2. The molecule has 0 aliphatic rings. The van der Waals surface area contributed by atoms with Gasteiger partial charge in [-0.05, 0) is 17.4 Å². The van der Waals surface area contributed by atoms with Crippen LogP contribution in [0, 0.1) is 11.8 Å². The summed E-state index contributed by atoms with van der Waals surface area (Å²) in [6.45, 7) is 10.6. The molecular weight excluding hydrogens is 347 g/mol. The van der Waals surface area contributed by atoms with Crippen molar-refractivity contribution in [3.63, 3.8) is 0 Å². The van der Waals surface area contributed by atoms with Gasteiger partial charge in [-0.2, -0.15) is 9.97 Å². The number of nitrogens with two attached hydrogens (primary N) is 2. The predicted octanol–water partition coefficient (Wildman–Crippen LogP) is 1.78. The van der Waals surface area contributed by atoms with E-state index in [1.165, 1.54) is 6.07 Å². The second-order valence-corrected chi connectivity index (χ2v) is 8.21. The molecule has 0 saturated carbocycles. The predicted molar refractivity (Wildman–Crippen MR) is 95.9 cm³/mol. The van der Waals surface area contributed by atoms with Gasteiger partial charge in [0.1, 0.15) is 12.4 Å². The summed E-state index contributed by atoms with van der Waals surface area (Å²) in [4.78, 5) is 27.3. The second kappa shape index (κ2) is 8.14. The molecule has 0 radical (unpaired) electrons. The van der Waals surface area contributed by atoms with Crippen LogP contribution in [0.5, 0.6) is 5.88 Å². The van der Waals surface area contributed by atoms with E-state index in [1.54, 1.807) is 27.7 Å². The molecule has 0 unspecified atom stereocenters. The highest BCUT2D eigenvalue weighted by molar-refractivity contribution is 7.53. The molecule has 0 aliphatic heterocycles. The number of aromatic nitrogens is 2. The SMILES string of the molecule is C=C(COc1cc(N)nc(N)n1)COC(C(C)C)(C(C)C)P(=O)(O)O. The van der Waals surface area contributed by atoms with Gasteiger partial charge in [0.25, 0.3) is 0 Å². The molecule has 0 amide bonds. The lowest BCUT2D eigenvalue weighted by Gasteiger charge is -2.41. The zero-order valence-corrected chi connectivity index (χ0v) is 15.9. The number of nitrogen functional groups attached to an aromatic ring is 2. The average Bonchev–Trinajstić information content (AvgIpc) is 2.42. The lowest BCUT2D eigenvalue weighted by atomic mass is 9.95. The third kappa shape index (κ3) is 5.15. The summed E-state index contributed by atoms with van der Waals surface area (Å²) >= 11 is 0. The third-order valence-corrected chi connectivity index (χ3v) is 5.85. The standard InChI is InChI=1S/C15H27N4O5P/c1-9(2)15(10(3)4,25(20,21)22)24-8-11(5)7-23-13-6-12(16)18-14(17)19-13/h6,9-10H,5,7-8H2,1-4H3,(H2,20,21,22)(H4,16,17,18,19). The quantitative estimate of drug-likeness (QED) is 0.374. The van der Waals surface area contributed by atoms with Gasteiger partial charge < -0.3 is 30.7 Å². The van der Waals surface area contributed by atoms with E-state index >= 15 is 0 Å². The van der Waals surface area contributed by atoms with Crippen LogP contribution in [-0.4, -0.2) is 38.3 Å². The first-order chi connectivity index (χ1) is 11.4. The lowest BCUT2D eigenvalue weighted by molar-refractivity contribution is -0.0537. The first-order valence-corrected chi connectivity index (χ1v) is 9.40. The molecule has 25 heavy (non-hydrogen) atoms. The van der Waals surface area contributed by atoms with Gasteiger partial charge in [0.15, 0.2) is 5.34 Å². The Hall–Kier alpha value is -1.67. The number of rotatable bonds is 9. The Kier molecular flexibility index (Phi) is 6.96. The molecule has 6 N–H and O–H groups in total. The minimum absolute atomic E-state index is 0.0167. The number of hydrogen-bond donors (Lipinski definition) is 4. The Balaban J connectivity index is 2.77. The summed E-state index contributed by atoms with van der Waals surface area (Å²) in [7, 11) is -4.52. The summed E-state index contributed by atoms with van der Waals surface area (Å²) in [5.74, 6) is -0.464. The molecule has 0 saturated heterocycles. The minimum atomic E-state index is -4.52. The van der Waals surface area contributed by atoms with Crippen molar-refractivity contribution in [1.82, 2.24) is 9.97 Å². The average molecular weight is 374 g/mol. The zero-order valence-electron chi connectivity index (χ0n) is 15.0. The largest absolute Gasteiger partial charge is 0.473 e. The molecule has 1 aromatic heterocycles. The molecule has 142 valence electrons. The van der Waals surface area contributed by atoms with Gasteiger partial charge in [-0.3, -0.25) is 4.57 Å². The van der Waals surface area contributed by atoms with E-state index in [2.05, 4.69) is 16.5 Å². The van der Waals surface area contributed by atoms with E-state index in [1.807, 2.05) is 0 Å². The van der Waals surface area contributed by atoms with Gasteiger partial charge in [-0.15, -0.1) is 0 Å². The summed E-state index contributed by atoms with van der Waals surface area (Å²) in [5.41, 5.74) is 11.5. The van der Waals surface area contributed by atoms with Gasteiger partial charge in [-0.1, -0.05) is 34.3 Å². The maximum Gasteiger partial charge on any atom is 0.357 e. The van der Waals surface area contributed by atoms with E-state index in [4.69, 9.17) is 20.9 Å². The van der Waals surface area contributed by atoms with Crippen LogP contribution < -0.4 is 16.2 Å². The van der Waals surface area contributed by atoms with Crippen molar-refractivity contribution in [3.05, 3.63) is 18.2 Å². The Morgan fingerprint density at radius 3 is 2.24 bits per heavy atom. The number of ether oxygens (including phenoxy) is 2. The fraction of sp³-hybridized carbons (Fsp3) is 0.600. The molecule has 0 aromatic carbocycles. The fourth-order valence-electron chi connectivity index (χ4n) is 2.73. The third-order valence-electron chi connectivity index (χ3n) is 3.78. The molecule has 0 fully saturated rings. The minimum Gasteiger partial charge on any atom is -0.473 e. The molecule has 1 aromatic rings. The van der Waals surface area contributed by atoms with Crippen molar-refractivity contribution < 1.29 is 23.8 Å². The topological polar surface area (TPSA) is 154 Å². The molecular formula is C15H27N4O5P. The highest BCUT2D eigenvalue weighted by atomic mass is 31.2. The highest BCUT2D eigenvalue weighted by Gasteiger charge is 2.53. The van der Waals surface area contributed by atoms with Crippen molar-refractivity contribution in [2.24, 2.45) is 11.8 Å². The molecule has 0 aliphatic carbocycles. The van der Waals surface area contributed by atoms with Gasteiger partial charge in [-0.25, -0.2) is 0 Å². The molecule has 10 heteroatoms. The normalized spacial score (nSPS) is 12.6. The van der Waals surface area contributed by atoms with Crippen LogP contribution >= 0.6 is 7.60 Å². The Bertz CT molecular complexity index is 631. The molecule has 0 bridgehead atoms. The van der Waals surface area contributed by atoms with Gasteiger partial charge in [0, 0.05) is 6.07 Å². The van der Waals surface area contributed by atoms with Crippen molar-refractivity contribution in [3.8, 4) is 5.88 Å². The molecule has 1 heterocycles. The van der Waals surface area contributed by atoms with E-state index in [0.717, 1.165) is 0 Å². The number of hydrogen-bond acceptors (Lipinski definition) is 7. The van der Waals surface area contributed by atoms with Crippen LogP contribution in [0.2, 0.25) is 0 Å². The number of nitrogens with zero attached hydrogens (tertiary/aromatic N) is 2. The fourth-order valence-corrected chi connectivity index (χ4v) is 4.31. The number of anilines is 2. The van der Waals surface area contributed by atoms with Crippen LogP contribution in [0.3, 0.4) is 0 Å². The Labute approximate surface area is 147 Å². The first-order valence-electron chi connectivity index (χ1n) is 7.79. The van der Waals surface area contributed by atoms with Crippen molar-refractivity contribution >= 4 is 19.4 Å². The zero-order chi connectivity index (χ0) is 19.4. The van der Waals surface area contributed by atoms with E-state index in [9.17, 15) is 14.4 Å². The van der Waals surface area contributed by atoms with Crippen molar-refractivity contribution in [1.29, 1.82) is 0 Å².